The lowest BCUT2D eigenvalue weighted by Crippen LogP contribution is -2.30. The van der Waals surface area contributed by atoms with Crippen LogP contribution in [0.25, 0.3) is 0 Å². The van der Waals surface area contributed by atoms with Crippen molar-refractivity contribution in [2.45, 2.75) is 24.3 Å². The highest BCUT2D eigenvalue weighted by Crippen LogP contribution is 2.17. The molecular formula is C20H22F2N4O3S. The minimum atomic E-state index is -3.78. The van der Waals surface area contributed by atoms with Crippen molar-refractivity contribution in [2.24, 2.45) is 4.99 Å². The number of carbonyl (C=O) groups is 1. The molecule has 0 aromatic heterocycles. The van der Waals surface area contributed by atoms with Gasteiger partial charge in [0.15, 0.2) is 11.6 Å². The van der Waals surface area contributed by atoms with Gasteiger partial charge in [-0.15, -0.1) is 0 Å². The number of nitrogens with zero attached hydrogens (tertiary/aromatic N) is 2. The van der Waals surface area contributed by atoms with Crippen molar-refractivity contribution in [3.05, 3.63) is 59.7 Å². The Morgan fingerprint density at radius 2 is 1.97 bits per heavy atom. The standard InChI is InChI=1S/C20H22F2N4O3S/c1-26(12-14-7-8-17(21)18(22)10-14)13-20(27)24-15-4-2-5-16(11-15)30(28,29)25-19-6-3-9-23-19/h2,4-5,7-8,10-11H,3,6,9,12-13H2,1H3,(H,23,25)(H,24,27). The van der Waals surface area contributed by atoms with E-state index in [-0.39, 0.29) is 23.9 Å². The summed E-state index contributed by atoms with van der Waals surface area (Å²) in [6.45, 7) is 0.822. The van der Waals surface area contributed by atoms with Crippen LogP contribution in [0.1, 0.15) is 18.4 Å². The number of halogens is 2. The Labute approximate surface area is 173 Å². The number of likely N-dealkylation sites (N-methyl/N-ethyl adjacent to an activating group) is 1. The Balaban J connectivity index is 1.59. The maximum Gasteiger partial charge on any atom is 0.262 e. The second kappa shape index (κ2) is 9.31. The van der Waals surface area contributed by atoms with Crippen LogP contribution in [0.4, 0.5) is 14.5 Å². The normalized spacial score (nSPS) is 13.9. The summed E-state index contributed by atoms with van der Waals surface area (Å²) in [7, 11) is -2.12. The van der Waals surface area contributed by atoms with Crippen LogP contribution in [0.15, 0.2) is 52.4 Å². The molecular weight excluding hydrogens is 414 g/mol. The number of amides is 1. The van der Waals surface area contributed by atoms with E-state index in [4.69, 9.17) is 0 Å². The molecule has 1 amide bonds. The molecule has 0 atom stereocenters. The Hall–Kier alpha value is -2.85. The molecule has 0 saturated carbocycles. The van der Waals surface area contributed by atoms with Gasteiger partial charge in [-0.1, -0.05) is 12.1 Å². The number of rotatable bonds is 7. The number of anilines is 1. The molecule has 2 N–H and O–H groups in total. The third-order valence-electron chi connectivity index (χ3n) is 4.40. The second-order valence-electron chi connectivity index (χ2n) is 7.03. The summed E-state index contributed by atoms with van der Waals surface area (Å²) in [4.78, 5) is 18.0. The monoisotopic (exact) mass is 436 g/mol. The molecule has 0 unspecified atom stereocenters. The number of sulfonamides is 1. The summed E-state index contributed by atoms with van der Waals surface area (Å²) in [6, 6.07) is 9.48. The Morgan fingerprint density at radius 3 is 2.67 bits per heavy atom. The largest absolute Gasteiger partial charge is 0.325 e. The molecule has 2 aromatic rings. The minimum absolute atomic E-state index is 0.0186. The average molecular weight is 436 g/mol. The highest BCUT2D eigenvalue weighted by Gasteiger charge is 2.19. The molecule has 1 aliphatic rings. The first-order chi connectivity index (χ1) is 14.2. The van der Waals surface area contributed by atoms with Crippen LogP contribution >= 0.6 is 0 Å². The summed E-state index contributed by atoms with van der Waals surface area (Å²) >= 11 is 0. The van der Waals surface area contributed by atoms with E-state index in [0.29, 0.717) is 30.1 Å². The van der Waals surface area contributed by atoms with E-state index in [1.165, 1.54) is 24.3 Å². The van der Waals surface area contributed by atoms with Gasteiger partial charge in [-0.3, -0.25) is 19.4 Å². The van der Waals surface area contributed by atoms with Crippen molar-refractivity contribution in [2.75, 3.05) is 25.5 Å². The molecule has 160 valence electrons. The molecule has 0 aliphatic carbocycles. The molecule has 10 heteroatoms. The van der Waals surface area contributed by atoms with Crippen molar-refractivity contribution in [1.82, 2.24) is 9.62 Å². The fourth-order valence-electron chi connectivity index (χ4n) is 3.03. The summed E-state index contributed by atoms with van der Waals surface area (Å²) < 4.78 is 53.8. The van der Waals surface area contributed by atoms with Gasteiger partial charge in [-0.25, -0.2) is 17.2 Å². The van der Waals surface area contributed by atoms with Crippen molar-refractivity contribution >= 4 is 27.5 Å². The van der Waals surface area contributed by atoms with Crippen molar-refractivity contribution in [1.29, 1.82) is 0 Å². The van der Waals surface area contributed by atoms with Crippen LogP contribution in [0.2, 0.25) is 0 Å². The predicted octanol–water partition coefficient (Wildman–Crippen LogP) is 2.51. The van der Waals surface area contributed by atoms with E-state index < -0.39 is 21.7 Å². The minimum Gasteiger partial charge on any atom is -0.325 e. The number of carbonyl (C=O) groups excluding carboxylic acids is 1. The molecule has 30 heavy (non-hydrogen) atoms. The summed E-state index contributed by atoms with van der Waals surface area (Å²) in [5.74, 6) is -1.81. The summed E-state index contributed by atoms with van der Waals surface area (Å²) in [6.07, 6.45) is 1.39. The number of aliphatic imine (C=N–C) groups is 1. The first-order valence-corrected chi connectivity index (χ1v) is 10.8. The first kappa shape index (κ1) is 21.8. The third-order valence-corrected chi connectivity index (χ3v) is 5.78. The van der Waals surface area contributed by atoms with Gasteiger partial charge in [-0.2, -0.15) is 0 Å². The predicted molar refractivity (Wildman–Crippen MR) is 110 cm³/mol. The van der Waals surface area contributed by atoms with E-state index >= 15 is 0 Å². The lowest BCUT2D eigenvalue weighted by Gasteiger charge is -2.17. The van der Waals surface area contributed by atoms with E-state index in [2.05, 4.69) is 15.0 Å². The lowest BCUT2D eigenvalue weighted by molar-refractivity contribution is -0.117. The van der Waals surface area contributed by atoms with E-state index in [9.17, 15) is 22.0 Å². The number of nitrogens with one attached hydrogen (secondary N) is 2. The third kappa shape index (κ3) is 5.83. The van der Waals surface area contributed by atoms with Gasteiger partial charge in [0, 0.05) is 25.2 Å². The Kier molecular flexibility index (Phi) is 6.78. The van der Waals surface area contributed by atoms with E-state index in [0.717, 1.165) is 18.6 Å². The van der Waals surface area contributed by atoms with Crippen molar-refractivity contribution in [3.8, 4) is 0 Å². The Bertz CT molecular complexity index is 1070. The molecule has 0 fully saturated rings. The summed E-state index contributed by atoms with van der Waals surface area (Å²) in [5.41, 5.74) is 0.857. The topological polar surface area (TPSA) is 90.9 Å². The van der Waals surface area contributed by atoms with Gasteiger partial charge < -0.3 is 5.32 Å². The zero-order valence-electron chi connectivity index (χ0n) is 16.4. The van der Waals surface area contributed by atoms with Crippen LogP contribution in [-0.2, 0) is 21.4 Å². The highest BCUT2D eigenvalue weighted by atomic mass is 32.2. The maximum atomic E-state index is 13.3. The highest BCUT2D eigenvalue weighted by molar-refractivity contribution is 7.90. The molecule has 2 aromatic carbocycles. The lowest BCUT2D eigenvalue weighted by atomic mass is 10.2. The van der Waals surface area contributed by atoms with Gasteiger partial charge in [0.2, 0.25) is 5.91 Å². The molecule has 0 radical (unpaired) electrons. The van der Waals surface area contributed by atoms with Gasteiger partial charge in [0.25, 0.3) is 10.0 Å². The fraction of sp³-hybridized carbons (Fsp3) is 0.300. The molecule has 1 heterocycles. The van der Waals surface area contributed by atoms with Gasteiger partial charge in [0.05, 0.1) is 11.4 Å². The smallest absolute Gasteiger partial charge is 0.262 e. The van der Waals surface area contributed by atoms with Crippen molar-refractivity contribution < 1.29 is 22.0 Å². The van der Waals surface area contributed by atoms with Crippen LogP contribution in [0, 0.1) is 11.6 Å². The van der Waals surface area contributed by atoms with Crippen molar-refractivity contribution in [3.63, 3.8) is 0 Å². The van der Waals surface area contributed by atoms with E-state index in [1.54, 1.807) is 18.0 Å². The summed E-state index contributed by atoms with van der Waals surface area (Å²) in [5, 5.41) is 2.65. The number of benzene rings is 2. The van der Waals surface area contributed by atoms with E-state index in [1.807, 2.05) is 0 Å². The molecule has 7 nitrogen and oxygen atoms in total. The quantitative estimate of drug-likeness (QED) is 0.698. The zero-order chi connectivity index (χ0) is 21.7. The number of hydrogen-bond acceptors (Lipinski definition) is 5. The van der Waals surface area contributed by atoms with Crippen LogP contribution < -0.4 is 10.0 Å². The zero-order valence-corrected chi connectivity index (χ0v) is 17.2. The first-order valence-electron chi connectivity index (χ1n) is 9.31. The van der Waals surface area contributed by atoms with Gasteiger partial charge >= 0.3 is 0 Å². The molecule has 3 rings (SSSR count). The molecule has 0 saturated heterocycles. The van der Waals surface area contributed by atoms with Gasteiger partial charge in [-0.05, 0) is 49.4 Å². The Morgan fingerprint density at radius 1 is 1.17 bits per heavy atom. The van der Waals surface area contributed by atoms with Crippen LogP contribution in [0.5, 0.6) is 0 Å². The molecule has 0 bridgehead atoms. The number of amidine groups is 1. The fourth-order valence-corrected chi connectivity index (χ4v) is 4.16. The average Bonchev–Trinajstić information content (AvgIpc) is 3.17. The van der Waals surface area contributed by atoms with Crippen LogP contribution in [-0.4, -0.2) is 45.2 Å². The number of hydrogen-bond donors (Lipinski definition) is 2. The second-order valence-corrected chi connectivity index (χ2v) is 8.72. The molecule has 0 spiro atoms. The van der Waals surface area contributed by atoms with Crippen LogP contribution in [0.3, 0.4) is 0 Å². The maximum absolute atomic E-state index is 13.3. The molecule has 1 aliphatic heterocycles. The van der Waals surface area contributed by atoms with Gasteiger partial charge in [0.1, 0.15) is 5.84 Å². The SMILES string of the molecule is CN(CC(=O)Nc1cccc(S(=O)(=O)NC2=NCCC2)c1)Cc1ccc(F)c(F)c1.